The first-order valence-electron chi connectivity index (χ1n) is 6.82. The first kappa shape index (κ1) is 14.7. The minimum atomic E-state index is 1.22. The lowest BCUT2D eigenvalue weighted by Gasteiger charge is -2.01. The quantitative estimate of drug-likeness (QED) is 0.406. The fourth-order valence-electron chi connectivity index (χ4n) is 1.76. The Labute approximate surface area is 97.2 Å². The van der Waals surface area contributed by atoms with Gasteiger partial charge in [0, 0.05) is 0 Å². The van der Waals surface area contributed by atoms with Crippen LogP contribution < -0.4 is 0 Å². The van der Waals surface area contributed by atoms with Gasteiger partial charge in [-0.2, -0.15) is 0 Å². The van der Waals surface area contributed by atoms with Gasteiger partial charge in [0.15, 0.2) is 0 Å². The maximum Gasteiger partial charge on any atom is -0.0283 e. The monoisotopic (exact) mass is 209 g/mol. The van der Waals surface area contributed by atoms with Gasteiger partial charge in [0.1, 0.15) is 0 Å². The molecule has 0 aliphatic carbocycles. The van der Waals surface area contributed by atoms with Crippen LogP contribution in [-0.2, 0) is 0 Å². The van der Waals surface area contributed by atoms with E-state index >= 15 is 0 Å². The summed E-state index contributed by atoms with van der Waals surface area (Å²) in [5.74, 6) is 0. The van der Waals surface area contributed by atoms with Crippen LogP contribution in [0.2, 0.25) is 0 Å². The molecule has 89 valence electrons. The zero-order chi connectivity index (χ0) is 11.4. The summed E-state index contributed by atoms with van der Waals surface area (Å²) in [5.41, 5.74) is 1.36. The summed E-state index contributed by atoms with van der Waals surface area (Å²) in [5, 5.41) is 0. The summed E-state index contributed by atoms with van der Waals surface area (Å²) >= 11 is 0. The molecule has 0 saturated heterocycles. The van der Waals surface area contributed by atoms with Crippen LogP contribution in [0.15, 0.2) is 11.6 Å². The van der Waals surface area contributed by atoms with Crippen LogP contribution in [0.3, 0.4) is 0 Å². The summed E-state index contributed by atoms with van der Waals surface area (Å²) in [6, 6.07) is 0. The highest BCUT2D eigenvalue weighted by molar-refractivity contribution is 5.04. The average Bonchev–Trinajstić information content (AvgIpc) is 2.24. The van der Waals surface area contributed by atoms with Gasteiger partial charge in [-0.25, -0.2) is 0 Å². The molecule has 0 heteroatoms. The van der Waals surface area contributed by atoms with Crippen LogP contribution in [0.4, 0.5) is 0 Å². The minimum absolute atomic E-state index is 1.22. The van der Waals surface area contributed by atoms with Crippen LogP contribution in [0, 0.1) is 6.92 Å². The van der Waals surface area contributed by atoms with E-state index in [0.29, 0.717) is 0 Å². The summed E-state index contributed by atoms with van der Waals surface area (Å²) in [4.78, 5) is 0. The molecule has 0 bridgehead atoms. The first-order chi connectivity index (χ1) is 7.31. The Morgan fingerprint density at radius 2 is 1.47 bits per heavy atom. The topological polar surface area (TPSA) is 0 Å². The molecular weight excluding hydrogens is 180 g/mol. The second-order valence-electron chi connectivity index (χ2n) is 4.52. The Kier molecular flexibility index (Phi) is 11.6. The molecule has 0 nitrogen and oxygen atoms in total. The van der Waals surface area contributed by atoms with Gasteiger partial charge in [0.05, 0.1) is 0 Å². The first-order valence-corrected chi connectivity index (χ1v) is 6.82. The fourth-order valence-corrected chi connectivity index (χ4v) is 1.76. The molecule has 0 aromatic carbocycles. The number of hydrogen-bond acceptors (Lipinski definition) is 0. The summed E-state index contributed by atoms with van der Waals surface area (Å²) < 4.78 is 0. The normalized spacial score (nSPS) is 12.1. The molecule has 0 atom stereocenters. The smallest absolute Gasteiger partial charge is 0.0283 e. The number of rotatable bonds is 10. The van der Waals surface area contributed by atoms with Crippen molar-refractivity contribution in [3.63, 3.8) is 0 Å². The zero-order valence-corrected chi connectivity index (χ0v) is 10.9. The third-order valence-corrected chi connectivity index (χ3v) is 2.84. The van der Waals surface area contributed by atoms with E-state index in [0.717, 1.165) is 0 Å². The summed E-state index contributed by atoms with van der Waals surface area (Å²) in [7, 11) is 0. The van der Waals surface area contributed by atoms with Crippen LogP contribution in [-0.4, -0.2) is 0 Å². The van der Waals surface area contributed by atoms with E-state index in [9.17, 15) is 0 Å². The molecule has 0 aliphatic rings. The second-order valence-corrected chi connectivity index (χ2v) is 4.52. The molecule has 0 aromatic rings. The highest BCUT2D eigenvalue weighted by Crippen LogP contribution is 2.11. The number of hydrogen-bond donors (Lipinski definition) is 0. The van der Waals surface area contributed by atoms with E-state index in [4.69, 9.17) is 0 Å². The summed E-state index contributed by atoms with van der Waals surface area (Å²) in [6.07, 6.45) is 15.7. The molecule has 0 aliphatic heterocycles. The Bertz CT molecular complexity index is 144. The lowest BCUT2D eigenvalue weighted by atomic mass is 10.1. The van der Waals surface area contributed by atoms with E-state index < -0.39 is 0 Å². The Morgan fingerprint density at radius 1 is 0.867 bits per heavy atom. The molecule has 0 saturated carbocycles. The predicted molar refractivity (Wildman–Crippen MR) is 71.0 cm³/mol. The predicted octanol–water partition coefficient (Wildman–Crippen LogP) is 5.69. The second kappa shape index (κ2) is 11.8. The van der Waals surface area contributed by atoms with Crippen LogP contribution >= 0.6 is 0 Å². The van der Waals surface area contributed by atoms with Crippen molar-refractivity contribution >= 4 is 0 Å². The highest BCUT2D eigenvalue weighted by Gasteiger charge is 1.91. The standard InChI is InChI=1S/C15H29/c1-4-6-8-10-12-14-15(3)13-11-9-7-5-2/h14H,3-13H2,1-2H3. The zero-order valence-electron chi connectivity index (χ0n) is 10.9. The lowest BCUT2D eigenvalue weighted by molar-refractivity contribution is 0.659. The van der Waals surface area contributed by atoms with Gasteiger partial charge in [-0.05, 0) is 32.6 Å². The van der Waals surface area contributed by atoms with Crippen molar-refractivity contribution in [2.75, 3.05) is 0 Å². The van der Waals surface area contributed by atoms with Gasteiger partial charge in [0.2, 0.25) is 0 Å². The van der Waals surface area contributed by atoms with Crippen molar-refractivity contribution in [2.24, 2.45) is 0 Å². The molecular formula is C15H29. The SMILES string of the molecule is [CH2]C(=CCCCCCC)CCCCCC. The molecule has 0 aromatic heterocycles. The number of allylic oxidation sites excluding steroid dienone is 2. The lowest BCUT2D eigenvalue weighted by Crippen LogP contribution is -1.81. The van der Waals surface area contributed by atoms with Crippen LogP contribution in [0.1, 0.15) is 78.1 Å². The van der Waals surface area contributed by atoms with Gasteiger partial charge in [-0.15, -0.1) is 0 Å². The van der Waals surface area contributed by atoms with E-state index in [1.807, 2.05) is 0 Å². The van der Waals surface area contributed by atoms with E-state index in [2.05, 4.69) is 26.8 Å². The highest BCUT2D eigenvalue weighted by atomic mass is 14.0. The van der Waals surface area contributed by atoms with Gasteiger partial charge >= 0.3 is 0 Å². The van der Waals surface area contributed by atoms with Crippen molar-refractivity contribution in [2.45, 2.75) is 78.1 Å². The Hall–Kier alpha value is -0.260. The molecule has 0 unspecified atom stereocenters. The van der Waals surface area contributed by atoms with Gasteiger partial charge < -0.3 is 0 Å². The minimum Gasteiger partial charge on any atom is -0.0853 e. The van der Waals surface area contributed by atoms with E-state index in [1.54, 1.807) is 0 Å². The van der Waals surface area contributed by atoms with Crippen molar-refractivity contribution in [1.29, 1.82) is 0 Å². The van der Waals surface area contributed by atoms with Crippen molar-refractivity contribution in [3.05, 3.63) is 18.6 Å². The fraction of sp³-hybridized carbons (Fsp3) is 0.800. The molecule has 0 spiro atoms. The largest absolute Gasteiger partial charge is 0.0853 e. The Morgan fingerprint density at radius 3 is 2.07 bits per heavy atom. The Balaban J connectivity index is 3.27. The third kappa shape index (κ3) is 11.7. The van der Waals surface area contributed by atoms with Crippen LogP contribution in [0.5, 0.6) is 0 Å². The molecule has 0 heterocycles. The maximum absolute atomic E-state index is 4.11. The van der Waals surface area contributed by atoms with Gasteiger partial charge in [-0.3, -0.25) is 0 Å². The van der Waals surface area contributed by atoms with Crippen molar-refractivity contribution in [1.82, 2.24) is 0 Å². The molecule has 0 N–H and O–H groups in total. The van der Waals surface area contributed by atoms with Gasteiger partial charge in [0.25, 0.3) is 0 Å². The molecule has 0 rings (SSSR count). The maximum atomic E-state index is 4.11. The summed E-state index contributed by atoms with van der Waals surface area (Å²) in [6.45, 7) is 8.63. The van der Waals surface area contributed by atoms with Crippen molar-refractivity contribution < 1.29 is 0 Å². The van der Waals surface area contributed by atoms with Gasteiger partial charge in [-0.1, -0.05) is 64.0 Å². The molecule has 1 radical (unpaired) electrons. The van der Waals surface area contributed by atoms with E-state index in [-0.39, 0.29) is 0 Å². The molecule has 15 heavy (non-hydrogen) atoms. The number of unbranched alkanes of at least 4 members (excludes halogenated alkanes) is 7. The van der Waals surface area contributed by atoms with Crippen LogP contribution in [0.25, 0.3) is 0 Å². The molecule has 0 amide bonds. The average molecular weight is 209 g/mol. The molecule has 0 fully saturated rings. The van der Waals surface area contributed by atoms with Crippen molar-refractivity contribution in [3.8, 4) is 0 Å². The third-order valence-electron chi connectivity index (χ3n) is 2.84. The van der Waals surface area contributed by atoms with E-state index in [1.165, 1.54) is 69.8 Å².